The average Bonchev–Trinajstić information content (AvgIpc) is 2.77. The highest BCUT2D eigenvalue weighted by Crippen LogP contribution is 2.20. The van der Waals surface area contributed by atoms with Crippen LogP contribution in [0.1, 0.15) is 16.0 Å². The van der Waals surface area contributed by atoms with Crippen molar-refractivity contribution < 1.29 is 4.21 Å². The summed E-state index contributed by atoms with van der Waals surface area (Å²) in [4.78, 5) is 1.47. The molecular formula is C13H11NOS2. The number of benzene rings is 1. The number of rotatable bonds is 3. The van der Waals surface area contributed by atoms with Crippen molar-refractivity contribution in [2.24, 2.45) is 0 Å². The first-order valence-corrected chi connectivity index (χ1v) is 7.32. The van der Waals surface area contributed by atoms with E-state index in [2.05, 4.69) is 6.07 Å². The summed E-state index contributed by atoms with van der Waals surface area (Å²) in [5.41, 5.74) is 2.02. The predicted octanol–water partition coefficient (Wildman–Crippen LogP) is 3.24. The van der Waals surface area contributed by atoms with Crippen LogP contribution in [-0.4, -0.2) is 4.21 Å². The molecule has 1 unspecified atom stereocenters. The zero-order valence-corrected chi connectivity index (χ0v) is 11.0. The van der Waals surface area contributed by atoms with Crippen LogP contribution in [0, 0.1) is 18.3 Å². The van der Waals surface area contributed by atoms with Gasteiger partial charge in [0.2, 0.25) is 0 Å². The standard InChI is InChI=1S/C13H11NOS2/c1-10-2-4-12(5-3-10)17(15)9-11-6-7-16-13(11)8-14/h2-7H,9H2,1H3. The van der Waals surface area contributed by atoms with Gasteiger partial charge in [-0.25, -0.2) is 0 Å². The largest absolute Gasteiger partial charge is 0.254 e. The molecule has 0 fully saturated rings. The highest BCUT2D eigenvalue weighted by Gasteiger charge is 2.09. The van der Waals surface area contributed by atoms with Crippen LogP contribution >= 0.6 is 11.3 Å². The summed E-state index contributed by atoms with van der Waals surface area (Å²) >= 11 is 1.39. The maximum absolute atomic E-state index is 12.1. The molecule has 0 aliphatic heterocycles. The Labute approximate surface area is 107 Å². The second-order valence-corrected chi connectivity index (χ2v) is 6.06. The molecule has 0 N–H and O–H groups in total. The first-order valence-electron chi connectivity index (χ1n) is 5.12. The van der Waals surface area contributed by atoms with Crippen molar-refractivity contribution >= 4 is 22.1 Å². The lowest BCUT2D eigenvalue weighted by Gasteiger charge is -2.02. The van der Waals surface area contributed by atoms with Crippen LogP contribution in [0.25, 0.3) is 0 Å². The maximum atomic E-state index is 12.1. The molecule has 17 heavy (non-hydrogen) atoms. The van der Waals surface area contributed by atoms with Gasteiger partial charge in [0.1, 0.15) is 10.9 Å². The Balaban J connectivity index is 2.18. The molecule has 0 amide bonds. The van der Waals surface area contributed by atoms with E-state index in [1.807, 2.05) is 42.6 Å². The summed E-state index contributed by atoms with van der Waals surface area (Å²) < 4.78 is 12.1. The van der Waals surface area contributed by atoms with Crippen molar-refractivity contribution in [1.82, 2.24) is 0 Å². The minimum absolute atomic E-state index is 0.412. The monoisotopic (exact) mass is 261 g/mol. The third-order valence-electron chi connectivity index (χ3n) is 2.42. The van der Waals surface area contributed by atoms with E-state index in [4.69, 9.17) is 5.26 Å². The molecule has 2 nitrogen and oxygen atoms in total. The van der Waals surface area contributed by atoms with E-state index in [1.54, 1.807) is 0 Å². The van der Waals surface area contributed by atoms with Crippen molar-refractivity contribution in [2.45, 2.75) is 17.6 Å². The number of thiophene rings is 1. The van der Waals surface area contributed by atoms with Crippen LogP contribution in [0.3, 0.4) is 0 Å². The van der Waals surface area contributed by atoms with Crippen LogP contribution in [0.5, 0.6) is 0 Å². The Hall–Kier alpha value is -1.44. The van der Waals surface area contributed by atoms with Gasteiger partial charge in [0, 0.05) is 4.90 Å². The molecule has 0 radical (unpaired) electrons. The minimum atomic E-state index is -1.08. The first-order chi connectivity index (χ1) is 8.20. The van der Waals surface area contributed by atoms with Gasteiger partial charge in [-0.15, -0.1) is 11.3 Å². The molecular weight excluding hydrogens is 250 g/mol. The Morgan fingerprint density at radius 3 is 2.65 bits per heavy atom. The summed E-state index contributed by atoms with van der Waals surface area (Å²) in [6, 6.07) is 11.7. The molecule has 2 rings (SSSR count). The topological polar surface area (TPSA) is 40.9 Å². The summed E-state index contributed by atoms with van der Waals surface area (Å²) in [5, 5.41) is 10.7. The Morgan fingerprint density at radius 2 is 2.00 bits per heavy atom. The van der Waals surface area contributed by atoms with E-state index >= 15 is 0 Å². The summed E-state index contributed by atoms with van der Waals surface area (Å²) in [5.74, 6) is 0.412. The van der Waals surface area contributed by atoms with E-state index < -0.39 is 10.8 Å². The van der Waals surface area contributed by atoms with Crippen LogP contribution < -0.4 is 0 Å². The number of hydrogen-bond acceptors (Lipinski definition) is 3. The molecule has 4 heteroatoms. The lowest BCUT2D eigenvalue weighted by Crippen LogP contribution is -1.96. The van der Waals surface area contributed by atoms with Crippen LogP contribution in [-0.2, 0) is 16.6 Å². The van der Waals surface area contributed by atoms with Gasteiger partial charge in [0.15, 0.2) is 0 Å². The van der Waals surface area contributed by atoms with Crippen molar-refractivity contribution in [1.29, 1.82) is 5.26 Å². The fraction of sp³-hybridized carbons (Fsp3) is 0.154. The normalized spacial score (nSPS) is 12.0. The third kappa shape index (κ3) is 2.82. The number of hydrogen-bond donors (Lipinski definition) is 0. The van der Waals surface area contributed by atoms with Gasteiger partial charge in [-0.2, -0.15) is 5.26 Å². The highest BCUT2D eigenvalue weighted by atomic mass is 32.2. The SMILES string of the molecule is Cc1ccc(S(=O)Cc2ccsc2C#N)cc1. The van der Waals surface area contributed by atoms with E-state index in [-0.39, 0.29) is 0 Å². The molecule has 1 heterocycles. The lowest BCUT2D eigenvalue weighted by molar-refractivity contribution is 0.682. The first kappa shape index (κ1) is 12.0. The van der Waals surface area contributed by atoms with Gasteiger partial charge in [-0.3, -0.25) is 4.21 Å². The van der Waals surface area contributed by atoms with E-state index in [9.17, 15) is 4.21 Å². The summed E-state index contributed by atoms with van der Waals surface area (Å²) in [6.45, 7) is 2.00. The van der Waals surface area contributed by atoms with Gasteiger partial charge in [-0.1, -0.05) is 17.7 Å². The molecule has 0 spiro atoms. The molecule has 0 bridgehead atoms. The Bertz CT molecular complexity index is 578. The molecule has 0 aliphatic rings. The zero-order valence-electron chi connectivity index (χ0n) is 9.34. The van der Waals surface area contributed by atoms with Gasteiger partial charge in [-0.05, 0) is 36.1 Å². The van der Waals surface area contributed by atoms with Gasteiger partial charge < -0.3 is 0 Å². The Kier molecular flexibility index (Phi) is 3.72. The molecule has 1 aromatic carbocycles. The molecule has 0 saturated heterocycles. The second kappa shape index (κ2) is 5.26. The predicted molar refractivity (Wildman–Crippen MR) is 70.3 cm³/mol. The van der Waals surface area contributed by atoms with Crippen molar-refractivity contribution in [2.75, 3.05) is 0 Å². The fourth-order valence-electron chi connectivity index (χ4n) is 1.46. The highest BCUT2D eigenvalue weighted by molar-refractivity contribution is 7.84. The van der Waals surface area contributed by atoms with Gasteiger partial charge in [0.25, 0.3) is 0 Å². The average molecular weight is 261 g/mol. The number of aryl methyl sites for hydroxylation is 1. The minimum Gasteiger partial charge on any atom is -0.254 e. The molecule has 0 aliphatic carbocycles. The molecule has 1 aromatic heterocycles. The molecule has 2 aromatic rings. The van der Waals surface area contributed by atoms with Gasteiger partial charge in [0.05, 0.1) is 16.6 Å². The zero-order chi connectivity index (χ0) is 12.3. The van der Waals surface area contributed by atoms with Crippen LogP contribution in [0.15, 0.2) is 40.6 Å². The maximum Gasteiger partial charge on any atom is 0.110 e. The van der Waals surface area contributed by atoms with Crippen LogP contribution in [0.4, 0.5) is 0 Å². The second-order valence-electron chi connectivity index (χ2n) is 3.69. The number of nitrogens with zero attached hydrogens (tertiary/aromatic N) is 1. The van der Waals surface area contributed by atoms with Crippen molar-refractivity contribution in [3.8, 4) is 6.07 Å². The fourth-order valence-corrected chi connectivity index (χ4v) is 3.40. The van der Waals surface area contributed by atoms with Gasteiger partial charge >= 0.3 is 0 Å². The Morgan fingerprint density at radius 1 is 1.29 bits per heavy atom. The third-order valence-corrected chi connectivity index (χ3v) is 4.65. The molecule has 1 atom stereocenters. The van der Waals surface area contributed by atoms with Crippen LogP contribution in [0.2, 0.25) is 0 Å². The molecule has 0 saturated carbocycles. The van der Waals surface area contributed by atoms with Crippen molar-refractivity contribution in [3.05, 3.63) is 51.7 Å². The summed E-state index contributed by atoms with van der Waals surface area (Å²) in [7, 11) is -1.08. The smallest absolute Gasteiger partial charge is 0.110 e. The number of nitriles is 1. The quantitative estimate of drug-likeness (QED) is 0.851. The van der Waals surface area contributed by atoms with E-state index in [0.717, 1.165) is 16.0 Å². The van der Waals surface area contributed by atoms with E-state index in [0.29, 0.717) is 10.6 Å². The van der Waals surface area contributed by atoms with E-state index in [1.165, 1.54) is 11.3 Å². The summed E-state index contributed by atoms with van der Waals surface area (Å²) in [6.07, 6.45) is 0. The lowest BCUT2D eigenvalue weighted by atomic mass is 10.2. The molecule has 86 valence electrons. The van der Waals surface area contributed by atoms with Crippen molar-refractivity contribution in [3.63, 3.8) is 0 Å².